The van der Waals surface area contributed by atoms with Crippen LogP contribution in [-0.2, 0) is 5.41 Å². The number of nitrogens with zero attached hydrogens (tertiary/aromatic N) is 2. The number of phenols is 1. The number of hydrogen-bond donors (Lipinski definition) is 1. The average Bonchev–Trinajstić information content (AvgIpc) is 3.01. The molecule has 0 atom stereocenters. The number of phenolic OH excluding ortho intramolecular Hbond substituents is 1. The molecule has 3 aromatic rings. The molecule has 0 radical (unpaired) electrons. The maximum atomic E-state index is 10.2. The summed E-state index contributed by atoms with van der Waals surface area (Å²) in [5.74, 6) is 1.11. The Labute approximate surface area is 157 Å². The lowest BCUT2D eigenvalue weighted by Crippen LogP contribution is -2.11. The van der Waals surface area contributed by atoms with E-state index in [4.69, 9.17) is 15.0 Å². The highest BCUT2D eigenvalue weighted by molar-refractivity contribution is 7.21. The summed E-state index contributed by atoms with van der Waals surface area (Å²) in [4.78, 5) is 4.72. The normalized spacial score (nSPS) is 11.5. The van der Waals surface area contributed by atoms with Gasteiger partial charge in [-0.2, -0.15) is 5.26 Å². The molecular formula is C21H22N2O2S. The molecule has 2 aromatic carbocycles. The van der Waals surface area contributed by atoms with Gasteiger partial charge in [0.15, 0.2) is 0 Å². The van der Waals surface area contributed by atoms with Crippen LogP contribution in [0.15, 0.2) is 36.4 Å². The van der Waals surface area contributed by atoms with Gasteiger partial charge >= 0.3 is 0 Å². The molecule has 0 aliphatic rings. The molecule has 1 aromatic heterocycles. The smallest absolute Gasteiger partial charge is 0.124 e. The first-order valence-corrected chi connectivity index (χ1v) is 9.44. The van der Waals surface area contributed by atoms with E-state index in [-0.39, 0.29) is 5.41 Å². The molecule has 4 nitrogen and oxygen atoms in total. The Bertz CT molecular complexity index is 964. The van der Waals surface area contributed by atoms with Crippen molar-refractivity contribution < 1.29 is 9.84 Å². The van der Waals surface area contributed by atoms with E-state index in [0.717, 1.165) is 38.5 Å². The molecule has 1 N–H and O–H groups in total. The van der Waals surface area contributed by atoms with Crippen LogP contribution in [0.2, 0.25) is 0 Å². The summed E-state index contributed by atoms with van der Waals surface area (Å²) in [5.41, 5.74) is 2.71. The number of aromatic nitrogens is 1. The SMILES string of the molecule is CC(C)(C)c1cc(-c2nc3ccc(OCCCC#N)cc3s2)ccc1O. The second kappa shape index (κ2) is 7.35. The first-order chi connectivity index (χ1) is 12.4. The molecule has 134 valence electrons. The lowest BCUT2D eigenvalue weighted by molar-refractivity contribution is 0.313. The van der Waals surface area contributed by atoms with Crippen molar-refractivity contribution in [1.82, 2.24) is 4.98 Å². The number of rotatable bonds is 5. The lowest BCUT2D eigenvalue weighted by Gasteiger charge is -2.20. The molecule has 0 saturated carbocycles. The zero-order valence-corrected chi connectivity index (χ0v) is 16.1. The molecule has 1 heterocycles. The highest BCUT2D eigenvalue weighted by atomic mass is 32.1. The molecule has 0 spiro atoms. The van der Waals surface area contributed by atoms with Gasteiger partial charge in [0.05, 0.1) is 22.9 Å². The summed E-state index contributed by atoms with van der Waals surface area (Å²) in [7, 11) is 0. The van der Waals surface area contributed by atoms with E-state index in [2.05, 4.69) is 26.8 Å². The van der Waals surface area contributed by atoms with Crippen LogP contribution in [0.4, 0.5) is 0 Å². The highest BCUT2D eigenvalue weighted by Crippen LogP contribution is 2.37. The third-order valence-electron chi connectivity index (χ3n) is 4.11. The van der Waals surface area contributed by atoms with Crippen LogP contribution in [0.25, 0.3) is 20.8 Å². The van der Waals surface area contributed by atoms with Gasteiger partial charge in [0.2, 0.25) is 0 Å². The van der Waals surface area contributed by atoms with E-state index in [1.165, 1.54) is 0 Å². The number of fused-ring (bicyclic) bond motifs is 1. The van der Waals surface area contributed by atoms with Crippen molar-refractivity contribution in [2.45, 2.75) is 39.0 Å². The van der Waals surface area contributed by atoms with E-state index in [9.17, 15) is 5.11 Å². The maximum absolute atomic E-state index is 10.2. The fourth-order valence-corrected chi connectivity index (χ4v) is 3.72. The summed E-state index contributed by atoms with van der Waals surface area (Å²) < 4.78 is 6.76. The van der Waals surface area contributed by atoms with Crippen molar-refractivity contribution in [1.29, 1.82) is 5.26 Å². The second-order valence-corrected chi connectivity index (χ2v) is 8.27. The van der Waals surface area contributed by atoms with Gasteiger partial charge in [0.1, 0.15) is 16.5 Å². The van der Waals surface area contributed by atoms with Crippen LogP contribution in [-0.4, -0.2) is 16.7 Å². The molecule has 0 fully saturated rings. The number of ether oxygens (including phenoxy) is 1. The van der Waals surface area contributed by atoms with Gasteiger partial charge in [-0.05, 0) is 53.8 Å². The van der Waals surface area contributed by atoms with Gasteiger partial charge in [-0.3, -0.25) is 0 Å². The second-order valence-electron chi connectivity index (χ2n) is 7.24. The standard InChI is InChI=1S/C21H22N2O2S/c1-21(2,3)16-12-14(6-9-18(16)24)20-23-17-8-7-15(13-19(17)26-20)25-11-5-4-10-22/h6-9,12-13,24H,4-5,11H2,1-3H3. The number of nitriles is 1. The van der Waals surface area contributed by atoms with E-state index in [1.807, 2.05) is 30.3 Å². The molecule has 5 heteroatoms. The first-order valence-electron chi connectivity index (χ1n) is 8.63. The summed E-state index contributed by atoms with van der Waals surface area (Å²) >= 11 is 1.61. The van der Waals surface area contributed by atoms with Crippen molar-refractivity contribution >= 4 is 21.6 Å². The lowest BCUT2D eigenvalue weighted by atomic mass is 9.85. The summed E-state index contributed by atoms with van der Waals surface area (Å²) in [6.45, 7) is 6.79. The van der Waals surface area contributed by atoms with E-state index >= 15 is 0 Å². The minimum absolute atomic E-state index is 0.138. The molecule has 26 heavy (non-hydrogen) atoms. The number of unbranched alkanes of at least 4 members (excludes halogenated alkanes) is 1. The fourth-order valence-electron chi connectivity index (χ4n) is 2.73. The maximum Gasteiger partial charge on any atom is 0.124 e. The number of benzene rings is 2. The van der Waals surface area contributed by atoms with Gasteiger partial charge < -0.3 is 9.84 Å². The Hall–Kier alpha value is -2.58. The van der Waals surface area contributed by atoms with Crippen LogP contribution < -0.4 is 4.74 Å². The van der Waals surface area contributed by atoms with E-state index < -0.39 is 0 Å². The number of hydrogen-bond acceptors (Lipinski definition) is 5. The Morgan fingerprint density at radius 2 is 2.00 bits per heavy atom. The first kappa shape index (κ1) is 18.2. The van der Waals surface area contributed by atoms with Crippen molar-refractivity contribution in [3.63, 3.8) is 0 Å². The molecule has 0 aliphatic heterocycles. The molecule has 0 aliphatic carbocycles. The topological polar surface area (TPSA) is 66.1 Å². The molecule has 0 saturated heterocycles. The predicted molar refractivity (Wildman–Crippen MR) is 106 cm³/mol. The zero-order chi connectivity index (χ0) is 18.7. The van der Waals surface area contributed by atoms with Crippen molar-refractivity contribution in [3.05, 3.63) is 42.0 Å². The third kappa shape index (κ3) is 3.97. The molecule has 0 amide bonds. The summed E-state index contributed by atoms with van der Waals surface area (Å²) in [5, 5.41) is 19.7. The minimum Gasteiger partial charge on any atom is -0.508 e. The number of aromatic hydroxyl groups is 1. The van der Waals surface area contributed by atoms with Gasteiger partial charge in [-0.15, -0.1) is 11.3 Å². The number of thiazole rings is 1. The quantitative estimate of drug-likeness (QED) is 0.593. The fraction of sp³-hybridized carbons (Fsp3) is 0.333. The van der Waals surface area contributed by atoms with Gasteiger partial charge in [-0.1, -0.05) is 20.8 Å². The zero-order valence-electron chi connectivity index (χ0n) is 15.2. The van der Waals surface area contributed by atoms with Gasteiger partial charge in [-0.25, -0.2) is 4.98 Å². The Kier molecular flexibility index (Phi) is 5.15. The van der Waals surface area contributed by atoms with Crippen LogP contribution in [0.5, 0.6) is 11.5 Å². The van der Waals surface area contributed by atoms with Crippen LogP contribution in [0.3, 0.4) is 0 Å². The molecule has 0 bridgehead atoms. The van der Waals surface area contributed by atoms with Crippen LogP contribution >= 0.6 is 11.3 Å². The van der Waals surface area contributed by atoms with Crippen LogP contribution in [0, 0.1) is 11.3 Å². The third-order valence-corrected chi connectivity index (χ3v) is 5.18. The molecule has 0 unspecified atom stereocenters. The predicted octanol–water partition coefficient (Wildman–Crippen LogP) is 5.65. The average molecular weight is 366 g/mol. The Morgan fingerprint density at radius 3 is 2.73 bits per heavy atom. The van der Waals surface area contributed by atoms with Crippen molar-refractivity contribution in [2.75, 3.05) is 6.61 Å². The van der Waals surface area contributed by atoms with Gasteiger partial charge in [0, 0.05) is 12.0 Å². The van der Waals surface area contributed by atoms with Crippen molar-refractivity contribution in [2.24, 2.45) is 0 Å². The monoisotopic (exact) mass is 366 g/mol. The van der Waals surface area contributed by atoms with E-state index in [0.29, 0.717) is 18.8 Å². The highest BCUT2D eigenvalue weighted by Gasteiger charge is 2.19. The largest absolute Gasteiger partial charge is 0.508 e. The minimum atomic E-state index is -0.138. The van der Waals surface area contributed by atoms with Crippen LogP contribution in [0.1, 0.15) is 39.2 Å². The van der Waals surface area contributed by atoms with Crippen molar-refractivity contribution in [3.8, 4) is 28.1 Å². The molecular weight excluding hydrogens is 344 g/mol. The van der Waals surface area contributed by atoms with Gasteiger partial charge in [0.25, 0.3) is 0 Å². The summed E-state index contributed by atoms with van der Waals surface area (Å²) in [6, 6.07) is 13.6. The Balaban J connectivity index is 1.89. The Morgan fingerprint density at radius 1 is 1.19 bits per heavy atom. The molecule has 3 rings (SSSR count). The van der Waals surface area contributed by atoms with E-state index in [1.54, 1.807) is 17.4 Å². The summed E-state index contributed by atoms with van der Waals surface area (Å²) in [6.07, 6.45) is 1.23.